The molecule has 1 atom stereocenters. The molecule has 0 spiro atoms. The van der Waals surface area contributed by atoms with Gasteiger partial charge in [0, 0.05) is 24.5 Å². The average molecular weight is 300 g/mol. The Bertz CT molecular complexity index is 600. The fourth-order valence-corrected chi connectivity index (χ4v) is 1.90. The Morgan fingerprint density at radius 3 is 2.86 bits per heavy atom. The van der Waals surface area contributed by atoms with Crippen LogP contribution < -0.4 is 10.1 Å². The van der Waals surface area contributed by atoms with Crippen LogP contribution in [0.25, 0.3) is 0 Å². The van der Waals surface area contributed by atoms with E-state index in [1.807, 2.05) is 36.4 Å². The van der Waals surface area contributed by atoms with Crippen LogP contribution in [0.5, 0.6) is 5.75 Å². The third-order valence-corrected chi connectivity index (χ3v) is 2.99. The van der Waals surface area contributed by atoms with Gasteiger partial charge in [0.1, 0.15) is 12.4 Å². The van der Waals surface area contributed by atoms with E-state index in [-0.39, 0.29) is 18.9 Å². The van der Waals surface area contributed by atoms with E-state index < -0.39 is 6.10 Å². The van der Waals surface area contributed by atoms with Crippen molar-refractivity contribution in [3.05, 3.63) is 59.9 Å². The zero-order valence-corrected chi connectivity index (χ0v) is 12.5. The number of carbonyl (C=O) groups excluding carboxylic acids is 1. The molecule has 5 heteroatoms. The molecule has 2 rings (SSSR count). The molecule has 5 nitrogen and oxygen atoms in total. The van der Waals surface area contributed by atoms with Gasteiger partial charge < -0.3 is 15.2 Å². The molecule has 0 aliphatic heterocycles. The van der Waals surface area contributed by atoms with Crippen LogP contribution in [0.2, 0.25) is 0 Å². The van der Waals surface area contributed by atoms with E-state index in [9.17, 15) is 4.79 Å². The molecule has 116 valence electrons. The quantitative estimate of drug-likeness (QED) is 0.816. The zero-order chi connectivity index (χ0) is 15.8. The second-order valence-corrected chi connectivity index (χ2v) is 5.13. The van der Waals surface area contributed by atoms with Crippen molar-refractivity contribution in [3.8, 4) is 5.75 Å². The van der Waals surface area contributed by atoms with E-state index in [2.05, 4.69) is 10.3 Å². The van der Waals surface area contributed by atoms with E-state index in [1.165, 1.54) is 0 Å². The SMILES string of the molecule is CC(O)CNC(=O)Cc1cccc(OCc2cccnc2)c1. The summed E-state index contributed by atoms with van der Waals surface area (Å²) in [4.78, 5) is 15.8. The molecule has 0 radical (unpaired) electrons. The molecule has 1 heterocycles. The van der Waals surface area contributed by atoms with Crippen molar-refractivity contribution < 1.29 is 14.6 Å². The van der Waals surface area contributed by atoms with Gasteiger partial charge in [0.15, 0.2) is 0 Å². The first-order chi connectivity index (χ1) is 10.6. The molecule has 2 aromatic rings. The number of ether oxygens (including phenoxy) is 1. The summed E-state index contributed by atoms with van der Waals surface area (Å²) in [5.41, 5.74) is 1.86. The monoisotopic (exact) mass is 300 g/mol. The Morgan fingerprint density at radius 2 is 2.14 bits per heavy atom. The number of carbonyl (C=O) groups is 1. The molecule has 1 aromatic carbocycles. The van der Waals surface area contributed by atoms with E-state index >= 15 is 0 Å². The minimum absolute atomic E-state index is 0.120. The zero-order valence-electron chi connectivity index (χ0n) is 12.5. The lowest BCUT2D eigenvalue weighted by Crippen LogP contribution is -2.31. The molecule has 0 aliphatic rings. The molecule has 1 amide bonds. The number of nitrogens with one attached hydrogen (secondary N) is 1. The lowest BCUT2D eigenvalue weighted by Gasteiger charge is -2.09. The number of aromatic nitrogens is 1. The minimum atomic E-state index is -0.543. The third kappa shape index (κ3) is 5.54. The number of pyridine rings is 1. The summed E-state index contributed by atoms with van der Waals surface area (Å²) < 4.78 is 5.70. The molecular formula is C17H20N2O3. The summed E-state index contributed by atoms with van der Waals surface area (Å²) in [5, 5.41) is 11.8. The van der Waals surface area contributed by atoms with E-state index in [0.29, 0.717) is 12.4 Å². The van der Waals surface area contributed by atoms with Gasteiger partial charge >= 0.3 is 0 Å². The molecule has 0 bridgehead atoms. The highest BCUT2D eigenvalue weighted by Crippen LogP contribution is 2.15. The molecule has 2 N–H and O–H groups in total. The number of aliphatic hydroxyl groups is 1. The summed E-state index contributed by atoms with van der Waals surface area (Å²) in [7, 11) is 0. The molecule has 0 fully saturated rings. The first kappa shape index (κ1) is 16.0. The van der Waals surface area contributed by atoms with Crippen LogP contribution in [-0.4, -0.2) is 28.6 Å². The van der Waals surface area contributed by atoms with Gasteiger partial charge in [0.05, 0.1) is 12.5 Å². The maximum atomic E-state index is 11.7. The van der Waals surface area contributed by atoms with Crippen molar-refractivity contribution in [1.29, 1.82) is 0 Å². The van der Waals surface area contributed by atoms with E-state index in [0.717, 1.165) is 11.1 Å². The van der Waals surface area contributed by atoms with Crippen LogP contribution in [0.15, 0.2) is 48.8 Å². The molecular weight excluding hydrogens is 280 g/mol. The summed E-state index contributed by atoms with van der Waals surface area (Å²) in [6.45, 7) is 2.33. The van der Waals surface area contributed by atoms with Crippen LogP contribution in [0.4, 0.5) is 0 Å². The van der Waals surface area contributed by atoms with Crippen molar-refractivity contribution in [2.24, 2.45) is 0 Å². The van der Waals surface area contributed by atoms with Gasteiger partial charge in [-0.25, -0.2) is 0 Å². The van der Waals surface area contributed by atoms with E-state index in [1.54, 1.807) is 19.3 Å². The minimum Gasteiger partial charge on any atom is -0.489 e. The highest BCUT2D eigenvalue weighted by Gasteiger charge is 2.06. The van der Waals surface area contributed by atoms with Crippen molar-refractivity contribution in [3.63, 3.8) is 0 Å². The Labute approximate surface area is 130 Å². The predicted molar refractivity (Wildman–Crippen MR) is 83.4 cm³/mol. The van der Waals surface area contributed by atoms with Crippen molar-refractivity contribution in [2.45, 2.75) is 26.1 Å². The fraction of sp³-hybridized carbons (Fsp3) is 0.294. The molecule has 0 aliphatic carbocycles. The molecule has 1 unspecified atom stereocenters. The van der Waals surface area contributed by atoms with Gasteiger partial charge in [-0.05, 0) is 30.7 Å². The molecule has 0 saturated carbocycles. The van der Waals surface area contributed by atoms with Gasteiger partial charge in [0.25, 0.3) is 0 Å². The molecule has 1 aromatic heterocycles. The first-order valence-corrected chi connectivity index (χ1v) is 7.19. The fourth-order valence-electron chi connectivity index (χ4n) is 1.90. The Hall–Kier alpha value is -2.40. The van der Waals surface area contributed by atoms with E-state index in [4.69, 9.17) is 9.84 Å². The normalized spacial score (nSPS) is 11.7. The largest absolute Gasteiger partial charge is 0.489 e. The second kappa shape index (κ2) is 8.14. The second-order valence-electron chi connectivity index (χ2n) is 5.13. The summed E-state index contributed by atoms with van der Waals surface area (Å²) in [6.07, 6.45) is 3.19. The third-order valence-electron chi connectivity index (χ3n) is 2.99. The average Bonchev–Trinajstić information content (AvgIpc) is 2.52. The van der Waals surface area contributed by atoms with Crippen LogP contribution >= 0.6 is 0 Å². The van der Waals surface area contributed by atoms with Crippen molar-refractivity contribution >= 4 is 5.91 Å². The first-order valence-electron chi connectivity index (χ1n) is 7.19. The Balaban J connectivity index is 1.88. The number of hydrogen-bond donors (Lipinski definition) is 2. The van der Waals surface area contributed by atoms with Crippen LogP contribution in [0.3, 0.4) is 0 Å². The lowest BCUT2D eigenvalue weighted by molar-refractivity contribution is -0.120. The van der Waals surface area contributed by atoms with Crippen molar-refractivity contribution in [2.75, 3.05) is 6.54 Å². The van der Waals surface area contributed by atoms with Gasteiger partial charge in [-0.2, -0.15) is 0 Å². The van der Waals surface area contributed by atoms with Gasteiger partial charge in [-0.3, -0.25) is 9.78 Å². The molecule has 22 heavy (non-hydrogen) atoms. The van der Waals surface area contributed by atoms with Gasteiger partial charge in [-0.1, -0.05) is 18.2 Å². The topological polar surface area (TPSA) is 71.5 Å². The number of amides is 1. The summed E-state index contributed by atoms with van der Waals surface area (Å²) >= 11 is 0. The smallest absolute Gasteiger partial charge is 0.224 e. The number of aliphatic hydroxyl groups excluding tert-OH is 1. The maximum Gasteiger partial charge on any atom is 0.224 e. The predicted octanol–water partition coefficient (Wildman–Crippen LogP) is 1.70. The van der Waals surface area contributed by atoms with Crippen LogP contribution in [0.1, 0.15) is 18.1 Å². The lowest BCUT2D eigenvalue weighted by atomic mass is 10.1. The summed E-state index contributed by atoms with van der Waals surface area (Å²) in [5.74, 6) is 0.593. The number of rotatable bonds is 7. The van der Waals surface area contributed by atoms with Crippen LogP contribution in [-0.2, 0) is 17.8 Å². The Kier molecular flexibility index (Phi) is 5.91. The standard InChI is InChI=1S/C17H20N2O3/c1-13(20)10-19-17(21)9-14-4-2-6-16(8-14)22-12-15-5-3-7-18-11-15/h2-8,11,13,20H,9-10,12H2,1H3,(H,19,21). The van der Waals surface area contributed by atoms with Crippen LogP contribution in [0, 0.1) is 0 Å². The summed E-state index contributed by atoms with van der Waals surface area (Å²) in [6, 6.07) is 11.2. The maximum absolute atomic E-state index is 11.7. The number of hydrogen-bond acceptors (Lipinski definition) is 4. The van der Waals surface area contributed by atoms with Gasteiger partial charge in [-0.15, -0.1) is 0 Å². The van der Waals surface area contributed by atoms with Gasteiger partial charge in [0.2, 0.25) is 5.91 Å². The number of benzene rings is 1. The Morgan fingerprint density at radius 1 is 1.32 bits per heavy atom. The highest BCUT2D eigenvalue weighted by molar-refractivity contribution is 5.78. The molecule has 0 saturated heterocycles. The number of nitrogens with zero attached hydrogens (tertiary/aromatic N) is 1. The highest BCUT2D eigenvalue weighted by atomic mass is 16.5. The van der Waals surface area contributed by atoms with Crippen molar-refractivity contribution in [1.82, 2.24) is 10.3 Å².